The first-order valence-electron chi connectivity index (χ1n) is 13.9. The first-order valence-corrected chi connectivity index (χ1v) is 13.9. The zero-order valence-electron chi connectivity index (χ0n) is 23.0. The van der Waals surface area contributed by atoms with Gasteiger partial charge in [0, 0.05) is 42.2 Å². The van der Waals surface area contributed by atoms with Gasteiger partial charge < -0.3 is 29.4 Å². The molecule has 3 heterocycles. The molecule has 206 valence electrons. The van der Waals surface area contributed by atoms with E-state index in [2.05, 4.69) is 35.3 Å². The van der Waals surface area contributed by atoms with Crippen molar-refractivity contribution in [1.29, 1.82) is 0 Å². The van der Waals surface area contributed by atoms with Gasteiger partial charge in [0.15, 0.2) is 0 Å². The van der Waals surface area contributed by atoms with Gasteiger partial charge >= 0.3 is 0 Å². The maximum absolute atomic E-state index is 13.7. The minimum Gasteiger partial charge on any atom is -0.493 e. The van der Waals surface area contributed by atoms with Gasteiger partial charge in [0.25, 0.3) is 0 Å². The number of ether oxygens (including phenoxy) is 2. The zero-order valence-corrected chi connectivity index (χ0v) is 23.0. The molecule has 0 bridgehead atoms. The number of aliphatic hydroxyl groups excluding tert-OH is 1. The van der Waals surface area contributed by atoms with Crippen LogP contribution in [0.4, 0.5) is 0 Å². The van der Waals surface area contributed by atoms with Gasteiger partial charge in [-0.2, -0.15) is 0 Å². The lowest BCUT2D eigenvalue weighted by molar-refractivity contribution is -0.128. The molecule has 0 radical (unpaired) electrons. The molecule has 0 fully saturated rings. The molecule has 0 aliphatic carbocycles. The van der Waals surface area contributed by atoms with E-state index < -0.39 is 6.10 Å². The molecule has 2 atom stereocenters. The van der Waals surface area contributed by atoms with Crippen molar-refractivity contribution in [2.24, 2.45) is 0 Å². The lowest BCUT2D eigenvalue weighted by atomic mass is 9.91. The Morgan fingerprint density at radius 2 is 1.98 bits per heavy atom. The van der Waals surface area contributed by atoms with E-state index in [1.165, 1.54) is 16.5 Å². The number of fused-ring (bicyclic) bond motifs is 4. The molecule has 2 aliphatic rings. The maximum atomic E-state index is 13.7. The molecule has 2 N–H and O–H groups in total. The van der Waals surface area contributed by atoms with Gasteiger partial charge in [-0.05, 0) is 79.2 Å². The number of likely N-dealkylation sites (N-methyl/N-ethyl adjacent to an activating group) is 1. The molecule has 6 rings (SSSR count). The van der Waals surface area contributed by atoms with E-state index in [4.69, 9.17) is 9.47 Å². The highest BCUT2D eigenvalue weighted by Gasteiger charge is 2.34. The van der Waals surface area contributed by atoms with Crippen LogP contribution in [-0.2, 0) is 17.6 Å². The second-order valence-electron chi connectivity index (χ2n) is 10.8. The van der Waals surface area contributed by atoms with Crippen molar-refractivity contribution in [2.75, 3.05) is 40.4 Å². The third kappa shape index (κ3) is 5.35. The fourth-order valence-electron chi connectivity index (χ4n) is 5.81. The van der Waals surface area contributed by atoms with E-state index in [0.29, 0.717) is 25.4 Å². The van der Waals surface area contributed by atoms with Gasteiger partial charge in [-0.1, -0.05) is 36.4 Å². The number of benzene rings is 3. The van der Waals surface area contributed by atoms with E-state index in [9.17, 15) is 9.90 Å². The standard InChI is InChI=1S/C33H35N3O4/c1-35(2)20-25(37)21-40-26-11-7-22(8-12-26)9-14-31(38)36-17-15-28-27-5-3-4-6-29(27)34-32(28)33(36)24-10-13-30-23(19-24)16-18-39-30/h3-14,19,25,33-34,37H,15-18,20-21H2,1-2H3/b14-9+/t25-,33?/m1/s1. The Balaban J connectivity index is 1.23. The number of carbonyl (C=O) groups is 1. The average molecular weight is 538 g/mol. The number of carbonyl (C=O) groups excluding carboxylic acids is 1. The van der Waals surface area contributed by atoms with Crippen molar-refractivity contribution in [2.45, 2.75) is 25.0 Å². The number of nitrogens with zero attached hydrogens (tertiary/aromatic N) is 2. The molecule has 0 spiro atoms. The van der Waals surface area contributed by atoms with E-state index in [-0.39, 0.29) is 18.6 Å². The second kappa shape index (κ2) is 11.2. The molecule has 0 saturated carbocycles. The number of para-hydroxylation sites is 1. The average Bonchev–Trinajstić information content (AvgIpc) is 3.58. The number of hydrogen-bond acceptors (Lipinski definition) is 5. The maximum Gasteiger partial charge on any atom is 0.247 e. The van der Waals surface area contributed by atoms with Crippen molar-refractivity contribution in [1.82, 2.24) is 14.8 Å². The van der Waals surface area contributed by atoms with Crippen LogP contribution in [0.1, 0.15) is 34.0 Å². The van der Waals surface area contributed by atoms with Crippen LogP contribution < -0.4 is 9.47 Å². The Morgan fingerprint density at radius 3 is 2.80 bits per heavy atom. The van der Waals surface area contributed by atoms with Crippen molar-refractivity contribution in [3.8, 4) is 11.5 Å². The van der Waals surface area contributed by atoms with Crippen LogP contribution in [0.25, 0.3) is 17.0 Å². The van der Waals surface area contributed by atoms with Crippen LogP contribution in [0, 0.1) is 0 Å². The lowest BCUT2D eigenvalue weighted by Gasteiger charge is -2.36. The summed E-state index contributed by atoms with van der Waals surface area (Å²) in [6, 6.07) is 22.1. The topological polar surface area (TPSA) is 78.0 Å². The van der Waals surface area contributed by atoms with Gasteiger partial charge in [0.1, 0.15) is 24.2 Å². The highest BCUT2D eigenvalue weighted by atomic mass is 16.5. The number of aromatic nitrogens is 1. The summed E-state index contributed by atoms with van der Waals surface area (Å²) in [4.78, 5) is 21.2. The number of amides is 1. The molecule has 1 aromatic heterocycles. The Bertz CT molecular complexity index is 1540. The fourth-order valence-corrected chi connectivity index (χ4v) is 5.81. The van der Waals surface area contributed by atoms with Crippen LogP contribution in [0.5, 0.6) is 11.5 Å². The highest BCUT2D eigenvalue weighted by molar-refractivity contribution is 5.93. The lowest BCUT2D eigenvalue weighted by Crippen LogP contribution is -2.39. The van der Waals surface area contributed by atoms with Crippen LogP contribution in [0.3, 0.4) is 0 Å². The molecule has 1 unspecified atom stereocenters. The number of aromatic amines is 1. The van der Waals surface area contributed by atoms with E-state index in [1.54, 1.807) is 6.08 Å². The minimum absolute atomic E-state index is 0.0295. The molecular weight excluding hydrogens is 502 g/mol. The number of rotatable bonds is 8. The normalized spacial score (nSPS) is 17.2. The van der Waals surface area contributed by atoms with E-state index >= 15 is 0 Å². The van der Waals surface area contributed by atoms with Crippen molar-refractivity contribution in [3.05, 3.63) is 101 Å². The predicted molar refractivity (Wildman–Crippen MR) is 157 cm³/mol. The summed E-state index contributed by atoms with van der Waals surface area (Å²) in [5.74, 6) is 1.59. The third-order valence-electron chi connectivity index (χ3n) is 7.66. The van der Waals surface area contributed by atoms with Crippen molar-refractivity contribution < 1.29 is 19.4 Å². The Labute approximate surface area is 234 Å². The summed E-state index contributed by atoms with van der Waals surface area (Å²) >= 11 is 0. The Kier molecular flexibility index (Phi) is 7.32. The monoisotopic (exact) mass is 537 g/mol. The van der Waals surface area contributed by atoms with Gasteiger partial charge in [-0.15, -0.1) is 0 Å². The number of H-pyrrole nitrogens is 1. The van der Waals surface area contributed by atoms with E-state index in [1.807, 2.05) is 66.4 Å². The minimum atomic E-state index is -0.555. The molecule has 3 aromatic carbocycles. The summed E-state index contributed by atoms with van der Waals surface area (Å²) in [6.45, 7) is 2.11. The molecule has 40 heavy (non-hydrogen) atoms. The molecule has 1 amide bonds. The van der Waals surface area contributed by atoms with Crippen LogP contribution in [-0.4, -0.2) is 72.3 Å². The van der Waals surface area contributed by atoms with Crippen LogP contribution in [0.2, 0.25) is 0 Å². The fraction of sp³-hybridized carbons (Fsp3) is 0.303. The number of nitrogens with one attached hydrogen (secondary N) is 1. The summed E-state index contributed by atoms with van der Waals surface area (Å²) in [5.41, 5.74) is 6.67. The van der Waals surface area contributed by atoms with Gasteiger partial charge in [-0.25, -0.2) is 0 Å². The van der Waals surface area contributed by atoms with Crippen LogP contribution in [0.15, 0.2) is 72.8 Å². The predicted octanol–water partition coefficient (Wildman–Crippen LogP) is 4.59. The van der Waals surface area contributed by atoms with Gasteiger partial charge in [-0.3, -0.25) is 4.79 Å². The zero-order chi connectivity index (χ0) is 27.6. The van der Waals surface area contributed by atoms with Gasteiger partial charge in [0.05, 0.1) is 12.6 Å². The molecular formula is C33H35N3O4. The molecule has 2 aliphatic heterocycles. The Morgan fingerprint density at radius 1 is 1.15 bits per heavy atom. The quantitative estimate of drug-likeness (QED) is 0.322. The third-order valence-corrected chi connectivity index (χ3v) is 7.66. The molecule has 0 saturated heterocycles. The van der Waals surface area contributed by atoms with Crippen LogP contribution >= 0.6 is 0 Å². The molecule has 4 aromatic rings. The largest absolute Gasteiger partial charge is 0.493 e. The number of hydrogen-bond donors (Lipinski definition) is 2. The Hall–Kier alpha value is -4.07. The van der Waals surface area contributed by atoms with Gasteiger partial charge in [0.2, 0.25) is 5.91 Å². The summed E-state index contributed by atoms with van der Waals surface area (Å²) < 4.78 is 11.5. The first-order chi connectivity index (χ1) is 19.5. The second-order valence-corrected chi connectivity index (χ2v) is 10.8. The first kappa shape index (κ1) is 26.2. The SMILES string of the molecule is CN(C)C[C@@H](O)COc1ccc(/C=C/C(=O)N2CCc3c([nH]c4ccccc34)C2c2ccc3c(c2)CCO3)cc1. The van der Waals surface area contributed by atoms with Crippen molar-refractivity contribution >= 4 is 22.9 Å². The summed E-state index contributed by atoms with van der Waals surface area (Å²) in [5, 5.41) is 11.3. The number of aliphatic hydroxyl groups is 1. The molecule has 7 heteroatoms. The summed E-state index contributed by atoms with van der Waals surface area (Å²) in [6.07, 6.45) is 4.64. The molecule has 7 nitrogen and oxygen atoms in total. The summed E-state index contributed by atoms with van der Waals surface area (Å²) in [7, 11) is 3.83. The highest BCUT2D eigenvalue weighted by Crippen LogP contribution is 2.40. The van der Waals surface area contributed by atoms with E-state index in [0.717, 1.165) is 40.9 Å². The smallest absolute Gasteiger partial charge is 0.247 e. The van der Waals surface area contributed by atoms with Crippen molar-refractivity contribution in [3.63, 3.8) is 0 Å².